The Labute approximate surface area is 90.6 Å². The Balaban J connectivity index is 2.74. The molecule has 0 saturated carbocycles. The van der Waals surface area contributed by atoms with E-state index in [1.165, 1.54) is 13.2 Å². The summed E-state index contributed by atoms with van der Waals surface area (Å²) in [5, 5.41) is 0. The summed E-state index contributed by atoms with van der Waals surface area (Å²) in [5.41, 5.74) is 1.05. The minimum absolute atomic E-state index is 0.0668. The minimum Gasteiger partial charge on any atom is -0.466 e. The lowest BCUT2D eigenvalue weighted by molar-refractivity contribution is -0.134. The fourth-order valence-corrected chi connectivity index (χ4v) is 1.17. The zero-order chi connectivity index (χ0) is 11.3. The molecule has 0 bridgehead atoms. The molecule has 0 aliphatic heterocycles. The third-order valence-corrected chi connectivity index (χ3v) is 2.13. The van der Waals surface area contributed by atoms with Crippen molar-refractivity contribution in [3.8, 4) is 0 Å². The number of carbonyl (C=O) groups is 1. The van der Waals surface area contributed by atoms with Crippen LogP contribution in [0.1, 0.15) is 13.8 Å². The fourth-order valence-electron chi connectivity index (χ4n) is 1.17. The smallest absolute Gasteiger partial charge is 0.330 e. The lowest BCUT2D eigenvalue weighted by Gasteiger charge is -2.12. The molecule has 0 amide bonds. The van der Waals surface area contributed by atoms with Crippen LogP contribution in [0, 0.1) is 5.41 Å². The van der Waals surface area contributed by atoms with Gasteiger partial charge in [-0.05, 0) is 11.6 Å². The molecule has 0 N–H and O–H groups in total. The standard InChI is InChI=1S/C13H16O2/c1-13(2)9-4-5-11(8-10-13)6-7-12(14)15-3/h4-10H,1-3H3. The van der Waals surface area contributed by atoms with E-state index in [9.17, 15) is 4.79 Å². The maximum atomic E-state index is 10.9. The third-order valence-electron chi connectivity index (χ3n) is 2.13. The van der Waals surface area contributed by atoms with Crippen LogP contribution >= 0.6 is 0 Å². The van der Waals surface area contributed by atoms with Crippen molar-refractivity contribution in [3.63, 3.8) is 0 Å². The van der Waals surface area contributed by atoms with Crippen LogP contribution in [-0.2, 0) is 9.53 Å². The summed E-state index contributed by atoms with van der Waals surface area (Å²) in [4.78, 5) is 10.9. The Morgan fingerprint density at radius 1 is 1.40 bits per heavy atom. The first kappa shape index (κ1) is 11.5. The van der Waals surface area contributed by atoms with E-state index in [1.54, 1.807) is 6.08 Å². The molecule has 0 spiro atoms. The van der Waals surface area contributed by atoms with Gasteiger partial charge in [0.25, 0.3) is 0 Å². The molecule has 0 radical (unpaired) electrons. The van der Waals surface area contributed by atoms with E-state index in [-0.39, 0.29) is 11.4 Å². The largest absolute Gasteiger partial charge is 0.466 e. The summed E-state index contributed by atoms with van der Waals surface area (Å²) in [6, 6.07) is 0. The summed E-state index contributed by atoms with van der Waals surface area (Å²) >= 11 is 0. The van der Waals surface area contributed by atoms with Gasteiger partial charge in [0, 0.05) is 11.5 Å². The van der Waals surface area contributed by atoms with Crippen molar-refractivity contribution >= 4 is 5.97 Å². The Morgan fingerprint density at radius 3 is 2.80 bits per heavy atom. The van der Waals surface area contributed by atoms with E-state index in [0.29, 0.717) is 0 Å². The van der Waals surface area contributed by atoms with E-state index in [0.717, 1.165) is 5.57 Å². The number of hydrogen-bond acceptors (Lipinski definition) is 2. The zero-order valence-electron chi connectivity index (χ0n) is 9.36. The van der Waals surface area contributed by atoms with Gasteiger partial charge < -0.3 is 4.74 Å². The first-order chi connectivity index (χ1) is 7.03. The first-order valence-corrected chi connectivity index (χ1v) is 4.88. The predicted octanol–water partition coefficient (Wildman–Crippen LogP) is 2.79. The predicted molar refractivity (Wildman–Crippen MR) is 61.3 cm³/mol. The molecular weight excluding hydrogens is 188 g/mol. The van der Waals surface area contributed by atoms with Crippen molar-refractivity contribution in [2.45, 2.75) is 13.8 Å². The van der Waals surface area contributed by atoms with Crippen LogP contribution in [0.15, 0.2) is 48.1 Å². The molecule has 1 aliphatic carbocycles. The molecule has 0 unspecified atom stereocenters. The minimum atomic E-state index is -0.336. The molecule has 0 saturated heterocycles. The van der Waals surface area contributed by atoms with Crippen LogP contribution in [0.5, 0.6) is 0 Å². The molecule has 15 heavy (non-hydrogen) atoms. The Bertz CT molecular complexity index is 355. The molecule has 0 aromatic carbocycles. The molecular formula is C13H16O2. The summed E-state index contributed by atoms with van der Waals surface area (Å²) in [5.74, 6) is -0.336. The van der Waals surface area contributed by atoms with Crippen molar-refractivity contribution < 1.29 is 9.53 Å². The molecule has 0 aromatic heterocycles. The summed E-state index contributed by atoms with van der Waals surface area (Å²) < 4.78 is 4.52. The molecule has 2 heteroatoms. The number of esters is 1. The second-order valence-corrected chi connectivity index (χ2v) is 4.04. The van der Waals surface area contributed by atoms with Crippen molar-refractivity contribution in [1.29, 1.82) is 0 Å². The van der Waals surface area contributed by atoms with Gasteiger partial charge in [-0.15, -0.1) is 0 Å². The van der Waals surface area contributed by atoms with Crippen LogP contribution in [0.3, 0.4) is 0 Å². The second-order valence-electron chi connectivity index (χ2n) is 4.04. The molecule has 0 heterocycles. The van der Waals surface area contributed by atoms with Gasteiger partial charge >= 0.3 is 5.97 Å². The third kappa shape index (κ3) is 3.98. The SMILES string of the molecule is COC(=O)C=CC1=CC=CC(C)(C)C=C1. The molecule has 1 aliphatic rings. The number of ether oxygens (including phenoxy) is 1. The van der Waals surface area contributed by atoms with E-state index in [1.807, 2.05) is 18.2 Å². The monoisotopic (exact) mass is 204 g/mol. The highest BCUT2D eigenvalue weighted by atomic mass is 16.5. The Morgan fingerprint density at radius 2 is 2.13 bits per heavy atom. The van der Waals surface area contributed by atoms with Crippen LogP contribution in [-0.4, -0.2) is 13.1 Å². The number of rotatable bonds is 2. The van der Waals surface area contributed by atoms with Gasteiger partial charge in [0.05, 0.1) is 7.11 Å². The average molecular weight is 204 g/mol. The maximum absolute atomic E-state index is 10.9. The number of allylic oxidation sites excluding steroid dienone is 7. The van der Waals surface area contributed by atoms with Gasteiger partial charge in [-0.2, -0.15) is 0 Å². The van der Waals surface area contributed by atoms with Crippen LogP contribution < -0.4 is 0 Å². The zero-order valence-corrected chi connectivity index (χ0v) is 9.36. The molecule has 0 aromatic rings. The maximum Gasteiger partial charge on any atom is 0.330 e. The Hall–Kier alpha value is -1.57. The van der Waals surface area contributed by atoms with Gasteiger partial charge in [0.15, 0.2) is 0 Å². The topological polar surface area (TPSA) is 26.3 Å². The molecule has 0 atom stereocenters. The van der Waals surface area contributed by atoms with Gasteiger partial charge in [-0.25, -0.2) is 4.79 Å². The molecule has 1 rings (SSSR count). The van der Waals surface area contributed by atoms with Crippen LogP contribution in [0.2, 0.25) is 0 Å². The van der Waals surface area contributed by atoms with Gasteiger partial charge in [-0.1, -0.05) is 44.2 Å². The molecule has 2 nitrogen and oxygen atoms in total. The van der Waals surface area contributed by atoms with Crippen molar-refractivity contribution in [1.82, 2.24) is 0 Å². The quantitative estimate of drug-likeness (QED) is 0.510. The van der Waals surface area contributed by atoms with Crippen LogP contribution in [0.4, 0.5) is 0 Å². The highest BCUT2D eigenvalue weighted by Crippen LogP contribution is 2.22. The molecule has 0 fully saturated rings. The highest BCUT2D eigenvalue weighted by molar-refractivity contribution is 5.82. The van der Waals surface area contributed by atoms with E-state index in [2.05, 4.69) is 30.7 Å². The lowest BCUT2D eigenvalue weighted by Crippen LogP contribution is -2.00. The second kappa shape index (κ2) is 4.78. The molecule has 80 valence electrons. The first-order valence-electron chi connectivity index (χ1n) is 4.88. The fraction of sp³-hybridized carbons (Fsp3) is 0.308. The lowest BCUT2D eigenvalue weighted by atomic mass is 9.93. The van der Waals surface area contributed by atoms with Crippen molar-refractivity contribution in [3.05, 3.63) is 48.1 Å². The van der Waals surface area contributed by atoms with E-state index >= 15 is 0 Å². The summed E-state index contributed by atoms with van der Waals surface area (Å²) in [7, 11) is 1.37. The van der Waals surface area contributed by atoms with E-state index in [4.69, 9.17) is 0 Å². The number of carbonyl (C=O) groups excluding carboxylic acids is 1. The highest BCUT2D eigenvalue weighted by Gasteiger charge is 2.09. The summed E-state index contributed by atoms with van der Waals surface area (Å²) in [6.45, 7) is 4.25. The normalized spacial score (nSPS) is 18.7. The van der Waals surface area contributed by atoms with E-state index < -0.39 is 0 Å². The van der Waals surface area contributed by atoms with Crippen LogP contribution in [0.25, 0.3) is 0 Å². The Kier molecular flexibility index (Phi) is 3.67. The number of methoxy groups -OCH3 is 1. The van der Waals surface area contributed by atoms with Crippen molar-refractivity contribution in [2.24, 2.45) is 5.41 Å². The van der Waals surface area contributed by atoms with Crippen molar-refractivity contribution in [2.75, 3.05) is 7.11 Å². The van der Waals surface area contributed by atoms with Gasteiger partial charge in [-0.3, -0.25) is 0 Å². The van der Waals surface area contributed by atoms with Gasteiger partial charge in [0.1, 0.15) is 0 Å². The van der Waals surface area contributed by atoms with Gasteiger partial charge in [0.2, 0.25) is 0 Å². The average Bonchev–Trinajstić information content (AvgIpc) is 2.36. The number of hydrogen-bond donors (Lipinski definition) is 0. The summed E-state index contributed by atoms with van der Waals surface area (Å²) in [6.07, 6.45) is 13.3.